The summed E-state index contributed by atoms with van der Waals surface area (Å²) < 4.78 is 5.44. The predicted octanol–water partition coefficient (Wildman–Crippen LogP) is 3.44. The van der Waals surface area contributed by atoms with Crippen molar-refractivity contribution in [2.24, 2.45) is 0 Å². The molecule has 0 aliphatic carbocycles. The standard InChI is InChI=1S/C17H22N2O2/c1-6-21-13-9-7-12(8-10-13)14-11(2)15(20)19-16(18-14)17(3,4)5/h7-10H,6H2,1-5H3,(H,18,19,20). The van der Waals surface area contributed by atoms with E-state index in [4.69, 9.17) is 4.74 Å². The van der Waals surface area contributed by atoms with E-state index in [1.807, 2.05) is 52.0 Å². The van der Waals surface area contributed by atoms with Gasteiger partial charge in [0.05, 0.1) is 12.3 Å². The zero-order chi connectivity index (χ0) is 15.6. The summed E-state index contributed by atoms with van der Waals surface area (Å²) in [6, 6.07) is 7.67. The molecule has 1 N–H and O–H groups in total. The number of hydrogen-bond donors (Lipinski definition) is 1. The third-order valence-corrected chi connectivity index (χ3v) is 3.30. The van der Waals surface area contributed by atoms with Crippen LogP contribution in [0, 0.1) is 6.92 Å². The monoisotopic (exact) mass is 286 g/mol. The number of aromatic nitrogens is 2. The van der Waals surface area contributed by atoms with Gasteiger partial charge in [-0.3, -0.25) is 4.79 Å². The van der Waals surface area contributed by atoms with E-state index >= 15 is 0 Å². The number of ether oxygens (including phenoxy) is 1. The van der Waals surface area contributed by atoms with Crippen LogP contribution in [-0.2, 0) is 5.41 Å². The summed E-state index contributed by atoms with van der Waals surface area (Å²) in [5.41, 5.74) is 2.00. The maximum absolute atomic E-state index is 12.1. The number of benzene rings is 1. The number of nitrogens with one attached hydrogen (secondary N) is 1. The Bertz CT molecular complexity index is 679. The summed E-state index contributed by atoms with van der Waals surface area (Å²) in [6.07, 6.45) is 0. The van der Waals surface area contributed by atoms with E-state index in [0.29, 0.717) is 18.0 Å². The lowest BCUT2D eigenvalue weighted by atomic mass is 9.95. The number of rotatable bonds is 3. The van der Waals surface area contributed by atoms with Crippen molar-refractivity contribution in [1.29, 1.82) is 0 Å². The molecule has 0 spiro atoms. The average molecular weight is 286 g/mol. The first-order valence-electron chi connectivity index (χ1n) is 7.17. The molecule has 0 amide bonds. The number of aromatic amines is 1. The molecule has 4 heteroatoms. The highest BCUT2D eigenvalue weighted by Crippen LogP contribution is 2.25. The molecule has 0 aliphatic heterocycles. The Morgan fingerprint density at radius 1 is 1.19 bits per heavy atom. The van der Waals surface area contributed by atoms with Gasteiger partial charge < -0.3 is 9.72 Å². The van der Waals surface area contributed by atoms with Crippen molar-refractivity contribution in [1.82, 2.24) is 9.97 Å². The highest BCUT2D eigenvalue weighted by Gasteiger charge is 2.19. The molecule has 21 heavy (non-hydrogen) atoms. The Kier molecular flexibility index (Phi) is 4.16. The van der Waals surface area contributed by atoms with E-state index in [2.05, 4.69) is 9.97 Å². The molecule has 112 valence electrons. The normalized spacial score (nSPS) is 11.5. The van der Waals surface area contributed by atoms with Gasteiger partial charge in [-0.25, -0.2) is 4.98 Å². The van der Waals surface area contributed by atoms with Gasteiger partial charge in [0, 0.05) is 16.5 Å². The summed E-state index contributed by atoms with van der Waals surface area (Å²) in [5.74, 6) is 1.52. The molecule has 1 aromatic heterocycles. The van der Waals surface area contributed by atoms with Crippen molar-refractivity contribution in [2.45, 2.75) is 40.0 Å². The van der Waals surface area contributed by atoms with Gasteiger partial charge in [-0.1, -0.05) is 20.8 Å². The molecule has 0 unspecified atom stereocenters. The van der Waals surface area contributed by atoms with Crippen LogP contribution in [0.15, 0.2) is 29.1 Å². The molecular weight excluding hydrogens is 264 g/mol. The first kappa shape index (κ1) is 15.3. The zero-order valence-corrected chi connectivity index (χ0v) is 13.3. The third kappa shape index (κ3) is 3.32. The molecule has 2 rings (SSSR count). The van der Waals surface area contributed by atoms with Crippen molar-refractivity contribution in [3.05, 3.63) is 46.0 Å². The van der Waals surface area contributed by atoms with E-state index in [9.17, 15) is 4.79 Å². The van der Waals surface area contributed by atoms with Gasteiger partial charge in [-0.05, 0) is 38.1 Å². The van der Waals surface area contributed by atoms with Gasteiger partial charge in [0.1, 0.15) is 11.6 Å². The van der Waals surface area contributed by atoms with E-state index in [1.54, 1.807) is 6.92 Å². The van der Waals surface area contributed by atoms with Crippen LogP contribution < -0.4 is 10.3 Å². The minimum Gasteiger partial charge on any atom is -0.494 e. The van der Waals surface area contributed by atoms with Gasteiger partial charge in [-0.2, -0.15) is 0 Å². The lowest BCUT2D eigenvalue weighted by molar-refractivity contribution is 0.340. The second kappa shape index (κ2) is 5.72. The Hall–Kier alpha value is -2.10. The van der Waals surface area contributed by atoms with Crippen molar-refractivity contribution in [2.75, 3.05) is 6.61 Å². The Labute approximate surface area is 125 Å². The van der Waals surface area contributed by atoms with E-state index < -0.39 is 0 Å². The van der Waals surface area contributed by atoms with Crippen LogP contribution in [0.2, 0.25) is 0 Å². The van der Waals surface area contributed by atoms with Crippen LogP contribution in [0.3, 0.4) is 0 Å². The van der Waals surface area contributed by atoms with Crippen molar-refractivity contribution >= 4 is 0 Å². The third-order valence-electron chi connectivity index (χ3n) is 3.30. The minimum atomic E-state index is -0.202. The fourth-order valence-electron chi connectivity index (χ4n) is 2.04. The summed E-state index contributed by atoms with van der Waals surface area (Å²) >= 11 is 0. The van der Waals surface area contributed by atoms with Crippen molar-refractivity contribution in [3.8, 4) is 17.0 Å². The van der Waals surface area contributed by atoms with E-state index in [-0.39, 0.29) is 11.0 Å². The topological polar surface area (TPSA) is 55.0 Å². The smallest absolute Gasteiger partial charge is 0.254 e. The van der Waals surface area contributed by atoms with E-state index in [0.717, 1.165) is 17.0 Å². The van der Waals surface area contributed by atoms with Crippen molar-refractivity contribution < 1.29 is 4.74 Å². The molecule has 0 saturated heterocycles. The Balaban J connectivity index is 2.52. The van der Waals surface area contributed by atoms with Crippen LogP contribution in [0.4, 0.5) is 0 Å². The predicted molar refractivity (Wildman–Crippen MR) is 84.9 cm³/mol. The number of nitrogens with zero attached hydrogens (tertiary/aromatic N) is 1. The quantitative estimate of drug-likeness (QED) is 0.940. The van der Waals surface area contributed by atoms with Crippen molar-refractivity contribution in [3.63, 3.8) is 0 Å². The molecule has 4 nitrogen and oxygen atoms in total. The first-order valence-corrected chi connectivity index (χ1v) is 7.17. The van der Waals surface area contributed by atoms with E-state index in [1.165, 1.54) is 0 Å². The summed E-state index contributed by atoms with van der Waals surface area (Å²) in [4.78, 5) is 19.6. The highest BCUT2D eigenvalue weighted by atomic mass is 16.5. The summed E-state index contributed by atoms with van der Waals surface area (Å²) in [5, 5.41) is 0. The fraction of sp³-hybridized carbons (Fsp3) is 0.412. The molecule has 1 aromatic carbocycles. The van der Waals surface area contributed by atoms with Gasteiger partial charge >= 0.3 is 0 Å². The van der Waals surface area contributed by atoms with Gasteiger partial charge in [-0.15, -0.1) is 0 Å². The SMILES string of the molecule is CCOc1ccc(-c2nc(C(C)(C)C)[nH]c(=O)c2C)cc1. The lowest BCUT2D eigenvalue weighted by Crippen LogP contribution is -2.24. The molecule has 0 radical (unpaired) electrons. The minimum absolute atomic E-state index is 0.0844. The molecular formula is C17H22N2O2. The molecule has 1 heterocycles. The van der Waals surface area contributed by atoms with Crippen LogP contribution >= 0.6 is 0 Å². The first-order chi connectivity index (χ1) is 9.82. The second-order valence-electron chi connectivity index (χ2n) is 6.10. The summed E-state index contributed by atoms with van der Waals surface area (Å²) in [7, 11) is 0. The Morgan fingerprint density at radius 3 is 2.33 bits per heavy atom. The molecule has 0 fully saturated rings. The molecule has 0 atom stereocenters. The number of H-pyrrole nitrogens is 1. The van der Waals surface area contributed by atoms with Crippen LogP contribution in [-0.4, -0.2) is 16.6 Å². The van der Waals surface area contributed by atoms with Crippen LogP contribution in [0.1, 0.15) is 39.1 Å². The number of hydrogen-bond acceptors (Lipinski definition) is 3. The molecule has 2 aromatic rings. The summed E-state index contributed by atoms with van der Waals surface area (Å²) in [6.45, 7) is 10.5. The average Bonchev–Trinajstić information content (AvgIpc) is 2.42. The van der Waals surface area contributed by atoms with Crippen LogP contribution in [0.25, 0.3) is 11.3 Å². The highest BCUT2D eigenvalue weighted by molar-refractivity contribution is 5.63. The molecule has 0 bridgehead atoms. The van der Waals surface area contributed by atoms with Gasteiger partial charge in [0.2, 0.25) is 0 Å². The van der Waals surface area contributed by atoms with Crippen LogP contribution in [0.5, 0.6) is 5.75 Å². The van der Waals surface area contributed by atoms with Gasteiger partial charge in [0.15, 0.2) is 0 Å². The zero-order valence-electron chi connectivity index (χ0n) is 13.3. The largest absolute Gasteiger partial charge is 0.494 e. The molecule has 0 aliphatic rings. The maximum Gasteiger partial charge on any atom is 0.254 e. The fourth-order valence-corrected chi connectivity index (χ4v) is 2.04. The molecule has 0 saturated carbocycles. The second-order valence-corrected chi connectivity index (χ2v) is 6.10. The van der Waals surface area contributed by atoms with Gasteiger partial charge in [0.25, 0.3) is 5.56 Å². The Morgan fingerprint density at radius 2 is 1.81 bits per heavy atom. The lowest BCUT2D eigenvalue weighted by Gasteiger charge is -2.18. The maximum atomic E-state index is 12.1.